The van der Waals surface area contributed by atoms with Crippen molar-refractivity contribution in [1.29, 1.82) is 0 Å². The minimum Gasteiger partial charge on any atom is -0.298 e. The van der Waals surface area contributed by atoms with Crippen LogP contribution in [0.5, 0.6) is 0 Å². The fraction of sp³-hybridized carbons (Fsp3) is 0.429. The van der Waals surface area contributed by atoms with Crippen molar-refractivity contribution < 1.29 is 18.0 Å². The van der Waals surface area contributed by atoms with Crippen molar-refractivity contribution in [2.45, 2.75) is 20.1 Å². The molecule has 0 spiro atoms. The van der Waals surface area contributed by atoms with E-state index in [1.807, 2.05) is 0 Å². The normalized spacial score (nSPS) is 11.8. The van der Waals surface area contributed by atoms with Gasteiger partial charge in [0.25, 0.3) is 0 Å². The van der Waals surface area contributed by atoms with Gasteiger partial charge in [-0.05, 0) is 13.8 Å². The number of aldehydes is 1. The Morgan fingerprint density at radius 1 is 1.38 bits per heavy atom. The predicted molar refractivity (Wildman–Crippen MR) is 38.4 cm³/mol. The predicted octanol–water partition coefficient (Wildman–Crippen LogP) is 1.79. The maximum absolute atomic E-state index is 12.2. The molecule has 0 aromatic carbocycles. The van der Waals surface area contributed by atoms with E-state index in [0.29, 0.717) is 6.29 Å². The van der Waals surface area contributed by atoms with Gasteiger partial charge in [-0.3, -0.25) is 4.79 Å². The first kappa shape index (κ1) is 9.76. The number of hydrogen-bond donors (Lipinski definition) is 0. The highest BCUT2D eigenvalue weighted by molar-refractivity contribution is 5.78. The minimum absolute atomic E-state index is 0.00248. The molecule has 3 nitrogen and oxygen atoms in total. The number of hydrogen-bond acceptors (Lipinski definition) is 2. The number of aromatic nitrogens is 2. The third-order valence-corrected chi connectivity index (χ3v) is 1.71. The van der Waals surface area contributed by atoms with Crippen molar-refractivity contribution >= 4 is 6.29 Å². The molecule has 0 saturated heterocycles. The summed E-state index contributed by atoms with van der Waals surface area (Å²) >= 11 is 0. The average Bonchev–Trinajstić information content (AvgIpc) is 2.25. The Hall–Kier alpha value is -1.33. The number of carbonyl (C=O) groups is 1. The molecule has 0 fully saturated rings. The standard InChI is InChI=1S/C7H7F3N2O/c1-4-6(3-13)5(2)12(11-4)7(8,9)10/h3H,1-2H3. The molecular formula is C7H7F3N2O. The molecule has 1 heterocycles. The first-order valence-electron chi connectivity index (χ1n) is 3.46. The zero-order chi connectivity index (χ0) is 10.2. The van der Waals surface area contributed by atoms with Crippen LogP contribution in [-0.2, 0) is 6.30 Å². The fourth-order valence-electron chi connectivity index (χ4n) is 1.07. The van der Waals surface area contributed by atoms with Crippen LogP contribution in [0.3, 0.4) is 0 Å². The molecule has 1 aromatic rings. The number of halogens is 3. The van der Waals surface area contributed by atoms with Crippen molar-refractivity contribution in [3.63, 3.8) is 0 Å². The van der Waals surface area contributed by atoms with Gasteiger partial charge in [-0.25, -0.2) is 0 Å². The first-order chi connectivity index (χ1) is 5.88. The second kappa shape index (κ2) is 2.86. The van der Waals surface area contributed by atoms with Gasteiger partial charge in [0.05, 0.1) is 17.0 Å². The van der Waals surface area contributed by atoms with Crippen LogP contribution in [-0.4, -0.2) is 16.1 Å². The zero-order valence-electron chi connectivity index (χ0n) is 7.01. The minimum atomic E-state index is -4.56. The third kappa shape index (κ3) is 1.56. The Labute approximate surface area is 72.2 Å². The van der Waals surface area contributed by atoms with Crippen LogP contribution in [0.4, 0.5) is 13.2 Å². The highest BCUT2D eigenvalue weighted by atomic mass is 19.4. The van der Waals surface area contributed by atoms with Crippen molar-refractivity contribution in [3.05, 3.63) is 17.0 Å². The number of alkyl halides is 3. The van der Waals surface area contributed by atoms with E-state index in [9.17, 15) is 18.0 Å². The van der Waals surface area contributed by atoms with Crippen LogP contribution in [0.2, 0.25) is 0 Å². The van der Waals surface area contributed by atoms with E-state index in [0.717, 1.165) is 0 Å². The van der Waals surface area contributed by atoms with Gasteiger partial charge in [0, 0.05) is 0 Å². The molecule has 13 heavy (non-hydrogen) atoms. The maximum atomic E-state index is 12.2. The van der Waals surface area contributed by atoms with E-state index < -0.39 is 6.30 Å². The maximum Gasteiger partial charge on any atom is 0.504 e. The second-order valence-corrected chi connectivity index (χ2v) is 2.58. The van der Waals surface area contributed by atoms with Crippen molar-refractivity contribution in [2.75, 3.05) is 0 Å². The average molecular weight is 192 g/mol. The van der Waals surface area contributed by atoms with Gasteiger partial charge < -0.3 is 0 Å². The largest absolute Gasteiger partial charge is 0.504 e. The fourth-order valence-corrected chi connectivity index (χ4v) is 1.07. The molecule has 0 bridgehead atoms. The van der Waals surface area contributed by atoms with Crippen molar-refractivity contribution in [2.24, 2.45) is 0 Å². The number of nitrogens with zero attached hydrogens (tertiary/aromatic N) is 2. The Bertz CT molecular complexity index is 340. The molecule has 6 heteroatoms. The SMILES string of the molecule is Cc1nn(C(F)(F)F)c(C)c1C=O. The quantitative estimate of drug-likeness (QED) is 0.636. The second-order valence-electron chi connectivity index (χ2n) is 2.58. The molecular weight excluding hydrogens is 185 g/mol. The van der Waals surface area contributed by atoms with Gasteiger partial charge in [0.1, 0.15) is 0 Å². The molecule has 0 N–H and O–H groups in total. The molecule has 0 aliphatic heterocycles. The number of carbonyl (C=O) groups excluding carboxylic acids is 1. The third-order valence-electron chi connectivity index (χ3n) is 1.71. The zero-order valence-corrected chi connectivity index (χ0v) is 7.01. The lowest BCUT2D eigenvalue weighted by molar-refractivity contribution is -0.213. The van der Waals surface area contributed by atoms with Crippen LogP contribution in [0.15, 0.2) is 0 Å². The van der Waals surface area contributed by atoms with Crippen molar-refractivity contribution in [1.82, 2.24) is 9.78 Å². The number of aryl methyl sites for hydroxylation is 1. The summed E-state index contributed by atoms with van der Waals surface area (Å²) in [6, 6.07) is 0. The topological polar surface area (TPSA) is 34.9 Å². The summed E-state index contributed by atoms with van der Waals surface area (Å²) in [5.41, 5.74) is -0.0952. The summed E-state index contributed by atoms with van der Waals surface area (Å²) < 4.78 is 36.4. The summed E-state index contributed by atoms with van der Waals surface area (Å²) in [7, 11) is 0. The lowest BCUT2D eigenvalue weighted by Gasteiger charge is -2.07. The molecule has 0 aliphatic carbocycles. The van der Waals surface area contributed by atoms with Crippen LogP contribution >= 0.6 is 0 Å². The van der Waals surface area contributed by atoms with E-state index in [2.05, 4.69) is 5.10 Å². The molecule has 1 aromatic heterocycles. The van der Waals surface area contributed by atoms with E-state index >= 15 is 0 Å². The lowest BCUT2D eigenvalue weighted by Crippen LogP contribution is -2.19. The summed E-state index contributed by atoms with van der Waals surface area (Å²) in [5, 5.41) is 3.21. The van der Waals surface area contributed by atoms with E-state index in [4.69, 9.17) is 0 Å². The van der Waals surface area contributed by atoms with Gasteiger partial charge in [0.2, 0.25) is 0 Å². The highest BCUT2D eigenvalue weighted by Crippen LogP contribution is 2.25. The van der Waals surface area contributed by atoms with E-state index in [-0.39, 0.29) is 21.6 Å². The first-order valence-corrected chi connectivity index (χ1v) is 3.46. The molecule has 0 unspecified atom stereocenters. The van der Waals surface area contributed by atoms with Crippen LogP contribution in [0.1, 0.15) is 21.7 Å². The van der Waals surface area contributed by atoms with Gasteiger partial charge in [-0.15, -0.1) is 13.2 Å². The summed E-state index contributed by atoms with van der Waals surface area (Å²) in [4.78, 5) is 10.4. The Kier molecular flexibility index (Phi) is 2.15. The van der Waals surface area contributed by atoms with Gasteiger partial charge in [-0.2, -0.15) is 9.78 Å². The molecule has 1 rings (SSSR count). The van der Waals surface area contributed by atoms with Gasteiger partial charge in [0.15, 0.2) is 6.29 Å². The Morgan fingerprint density at radius 3 is 2.15 bits per heavy atom. The lowest BCUT2D eigenvalue weighted by atomic mass is 10.2. The molecule has 0 amide bonds. The van der Waals surface area contributed by atoms with Crippen molar-refractivity contribution in [3.8, 4) is 0 Å². The highest BCUT2D eigenvalue weighted by Gasteiger charge is 2.34. The monoisotopic (exact) mass is 192 g/mol. The van der Waals surface area contributed by atoms with Crippen LogP contribution in [0, 0.1) is 13.8 Å². The molecule has 0 aliphatic rings. The van der Waals surface area contributed by atoms with Gasteiger partial charge in [-0.1, -0.05) is 0 Å². The van der Waals surface area contributed by atoms with Crippen LogP contribution < -0.4 is 0 Å². The van der Waals surface area contributed by atoms with Gasteiger partial charge >= 0.3 is 6.30 Å². The summed E-state index contributed by atoms with van der Waals surface area (Å²) in [5.74, 6) is 0. The Balaban J connectivity index is 3.34. The van der Waals surface area contributed by atoms with Crippen LogP contribution in [0.25, 0.3) is 0 Å². The summed E-state index contributed by atoms with van der Waals surface area (Å²) in [6.07, 6.45) is -4.18. The smallest absolute Gasteiger partial charge is 0.298 e. The molecule has 0 radical (unpaired) electrons. The van der Waals surface area contributed by atoms with E-state index in [1.165, 1.54) is 13.8 Å². The van der Waals surface area contributed by atoms with E-state index in [1.54, 1.807) is 0 Å². The molecule has 0 atom stereocenters. The Morgan fingerprint density at radius 2 is 1.92 bits per heavy atom. The summed E-state index contributed by atoms with van der Waals surface area (Å²) in [6.45, 7) is 2.57. The molecule has 72 valence electrons. The number of rotatable bonds is 1. The molecule has 0 saturated carbocycles.